The van der Waals surface area contributed by atoms with Crippen molar-refractivity contribution in [2.45, 2.75) is 6.54 Å². The van der Waals surface area contributed by atoms with Crippen LogP contribution in [0.3, 0.4) is 0 Å². The standard InChI is InChI=1S/C11H12N2O2/c1-12-6-9-7-15-11(13-9)8-2-4-10(14)5-3-8/h2-5,7,12,14H,6H2,1H3. The zero-order chi connectivity index (χ0) is 10.7. The fourth-order valence-electron chi connectivity index (χ4n) is 1.31. The highest BCUT2D eigenvalue weighted by molar-refractivity contribution is 5.54. The summed E-state index contributed by atoms with van der Waals surface area (Å²) < 4.78 is 5.31. The second-order valence-corrected chi connectivity index (χ2v) is 3.22. The molecule has 0 aliphatic carbocycles. The van der Waals surface area contributed by atoms with Crippen molar-refractivity contribution in [3.63, 3.8) is 0 Å². The second kappa shape index (κ2) is 4.14. The van der Waals surface area contributed by atoms with Gasteiger partial charge in [-0.3, -0.25) is 0 Å². The quantitative estimate of drug-likeness (QED) is 0.799. The normalized spacial score (nSPS) is 10.5. The highest BCUT2D eigenvalue weighted by Crippen LogP contribution is 2.20. The van der Waals surface area contributed by atoms with E-state index in [1.54, 1.807) is 30.5 Å². The Balaban J connectivity index is 2.25. The number of hydrogen-bond acceptors (Lipinski definition) is 4. The van der Waals surface area contributed by atoms with E-state index in [1.165, 1.54) is 0 Å². The van der Waals surface area contributed by atoms with Crippen LogP contribution in [0.4, 0.5) is 0 Å². The molecule has 0 spiro atoms. The lowest BCUT2D eigenvalue weighted by Gasteiger charge is -1.95. The maximum absolute atomic E-state index is 9.13. The summed E-state index contributed by atoms with van der Waals surface area (Å²) in [5, 5.41) is 12.1. The zero-order valence-electron chi connectivity index (χ0n) is 8.40. The molecule has 1 aromatic carbocycles. The minimum Gasteiger partial charge on any atom is -0.508 e. The molecule has 0 unspecified atom stereocenters. The van der Waals surface area contributed by atoms with E-state index in [9.17, 15) is 0 Å². The first-order valence-corrected chi connectivity index (χ1v) is 4.68. The van der Waals surface area contributed by atoms with Gasteiger partial charge in [-0.2, -0.15) is 0 Å². The first-order valence-electron chi connectivity index (χ1n) is 4.68. The van der Waals surface area contributed by atoms with Crippen LogP contribution >= 0.6 is 0 Å². The molecule has 0 aliphatic heterocycles. The Kier molecular flexibility index (Phi) is 2.69. The first-order chi connectivity index (χ1) is 7.29. The third-order valence-corrected chi connectivity index (χ3v) is 2.02. The molecular formula is C11H12N2O2. The van der Waals surface area contributed by atoms with Gasteiger partial charge in [-0.25, -0.2) is 4.98 Å². The molecule has 15 heavy (non-hydrogen) atoms. The number of aromatic hydroxyl groups is 1. The number of hydrogen-bond donors (Lipinski definition) is 2. The van der Waals surface area contributed by atoms with E-state index in [2.05, 4.69) is 10.3 Å². The number of nitrogens with one attached hydrogen (secondary N) is 1. The molecular weight excluding hydrogens is 192 g/mol. The van der Waals surface area contributed by atoms with Gasteiger partial charge in [-0.1, -0.05) is 0 Å². The van der Waals surface area contributed by atoms with Crippen LogP contribution in [0, 0.1) is 0 Å². The number of rotatable bonds is 3. The summed E-state index contributed by atoms with van der Waals surface area (Å²) in [5.41, 5.74) is 1.72. The Hall–Kier alpha value is -1.81. The predicted octanol–water partition coefficient (Wildman–Crippen LogP) is 1.77. The molecule has 0 bridgehead atoms. The number of benzene rings is 1. The molecule has 2 rings (SSSR count). The molecule has 0 aliphatic rings. The predicted molar refractivity (Wildman–Crippen MR) is 56.4 cm³/mol. The first kappa shape index (κ1) is 9.73. The van der Waals surface area contributed by atoms with Gasteiger partial charge in [0, 0.05) is 12.1 Å². The number of phenolic OH excluding ortho intramolecular Hbond substituents is 1. The molecule has 0 fully saturated rings. The number of nitrogens with zero attached hydrogens (tertiary/aromatic N) is 1. The molecule has 0 amide bonds. The van der Waals surface area contributed by atoms with Gasteiger partial charge in [0.05, 0.1) is 5.69 Å². The van der Waals surface area contributed by atoms with Gasteiger partial charge >= 0.3 is 0 Å². The third-order valence-electron chi connectivity index (χ3n) is 2.02. The molecule has 78 valence electrons. The topological polar surface area (TPSA) is 58.3 Å². The Bertz CT molecular complexity index is 434. The van der Waals surface area contributed by atoms with E-state index in [0.717, 1.165) is 11.3 Å². The van der Waals surface area contributed by atoms with E-state index in [4.69, 9.17) is 9.52 Å². The van der Waals surface area contributed by atoms with Gasteiger partial charge in [0.25, 0.3) is 0 Å². The zero-order valence-corrected chi connectivity index (χ0v) is 8.40. The van der Waals surface area contributed by atoms with Crippen molar-refractivity contribution in [1.82, 2.24) is 10.3 Å². The molecule has 2 aromatic rings. The smallest absolute Gasteiger partial charge is 0.226 e. The number of phenols is 1. The van der Waals surface area contributed by atoms with Crippen LogP contribution in [0.2, 0.25) is 0 Å². The number of oxazole rings is 1. The molecule has 0 saturated heterocycles. The van der Waals surface area contributed by atoms with Gasteiger partial charge in [-0.05, 0) is 31.3 Å². The molecule has 0 atom stereocenters. The fourth-order valence-corrected chi connectivity index (χ4v) is 1.31. The molecule has 0 radical (unpaired) electrons. The van der Waals surface area contributed by atoms with Gasteiger partial charge in [0.1, 0.15) is 12.0 Å². The van der Waals surface area contributed by atoms with E-state index >= 15 is 0 Å². The van der Waals surface area contributed by atoms with Crippen molar-refractivity contribution in [3.8, 4) is 17.2 Å². The van der Waals surface area contributed by atoms with Crippen molar-refractivity contribution < 1.29 is 9.52 Å². The van der Waals surface area contributed by atoms with Crippen LogP contribution in [0.25, 0.3) is 11.5 Å². The summed E-state index contributed by atoms with van der Waals surface area (Å²) in [6.07, 6.45) is 1.62. The Morgan fingerprint density at radius 3 is 2.73 bits per heavy atom. The van der Waals surface area contributed by atoms with Gasteiger partial charge in [0.2, 0.25) is 5.89 Å². The molecule has 0 saturated carbocycles. The van der Waals surface area contributed by atoms with Crippen molar-refractivity contribution in [2.75, 3.05) is 7.05 Å². The maximum Gasteiger partial charge on any atom is 0.226 e. The average Bonchev–Trinajstić information content (AvgIpc) is 2.68. The summed E-state index contributed by atoms with van der Waals surface area (Å²) in [5.74, 6) is 0.806. The molecule has 4 nitrogen and oxygen atoms in total. The lowest BCUT2D eigenvalue weighted by atomic mass is 10.2. The van der Waals surface area contributed by atoms with Crippen LogP contribution in [0.5, 0.6) is 5.75 Å². The minimum atomic E-state index is 0.237. The van der Waals surface area contributed by atoms with Crippen LogP contribution in [0.15, 0.2) is 34.9 Å². The van der Waals surface area contributed by atoms with Crippen molar-refractivity contribution in [2.24, 2.45) is 0 Å². The highest BCUT2D eigenvalue weighted by atomic mass is 16.3. The summed E-state index contributed by atoms with van der Waals surface area (Å²) in [4.78, 5) is 4.29. The number of aromatic nitrogens is 1. The Morgan fingerprint density at radius 2 is 2.07 bits per heavy atom. The Labute approximate surface area is 87.6 Å². The monoisotopic (exact) mass is 204 g/mol. The van der Waals surface area contributed by atoms with Gasteiger partial charge in [0.15, 0.2) is 0 Å². The van der Waals surface area contributed by atoms with Crippen molar-refractivity contribution in [3.05, 3.63) is 36.2 Å². The highest BCUT2D eigenvalue weighted by Gasteiger charge is 2.05. The molecule has 2 N–H and O–H groups in total. The largest absolute Gasteiger partial charge is 0.508 e. The summed E-state index contributed by atoms with van der Waals surface area (Å²) in [7, 11) is 1.86. The van der Waals surface area contributed by atoms with Crippen LogP contribution in [-0.2, 0) is 6.54 Å². The average molecular weight is 204 g/mol. The lowest BCUT2D eigenvalue weighted by molar-refractivity contribution is 0.475. The summed E-state index contributed by atoms with van der Waals surface area (Å²) >= 11 is 0. The third kappa shape index (κ3) is 2.16. The molecule has 1 heterocycles. The van der Waals surface area contributed by atoms with Crippen LogP contribution in [-0.4, -0.2) is 17.1 Å². The van der Waals surface area contributed by atoms with E-state index < -0.39 is 0 Å². The lowest BCUT2D eigenvalue weighted by Crippen LogP contribution is -2.04. The Morgan fingerprint density at radius 1 is 1.33 bits per heavy atom. The fraction of sp³-hybridized carbons (Fsp3) is 0.182. The van der Waals surface area contributed by atoms with E-state index in [-0.39, 0.29) is 5.75 Å². The van der Waals surface area contributed by atoms with Gasteiger partial charge < -0.3 is 14.8 Å². The second-order valence-electron chi connectivity index (χ2n) is 3.22. The molecule has 1 aromatic heterocycles. The van der Waals surface area contributed by atoms with E-state index in [1.807, 2.05) is 7.05 Å². The summed E-state index contributed by atoms with van der Waals surface area (Å²) in [6.45, 7) is 0.682. The SMILES string of the molecule is CNCc1coc(-c2ccc(O)cc2)n1. The minimum absolute atomic E-state index is 0.237. The van der Waals surface area contributed by atoms with Gasteiger partial charge in [-0.15, -0.1) is 0 Å². The van der Waals surface area contributed by atoms with Crippen LogP contribution in [0.1, 0.15) is 5.69 Å². The molecule has 4 heteroatoms. The summed E-state index contributed by atoms with van der Waals surface area (Å²) in [6, 6.07) is 6.75. The van der Waals surface area contributed by atoms with Crippen LogP contribution < -0.4 is 5.32 Å². The van der Waals surface area contributed by atoms with E-state index in [0.29, 0.717) is 12.4 Å². The van der Waals surface area contributed by atoms with Crippen molar-refractivity contribution in [1.29, 1.82) is 0 Å². The maximum atomic E-state index is 9.13. The van der Waals surface area contributed by atoms with Crippen molar-refractivity contribution >= 4 is 0 Å².